The second-order valence-electron chi connectivity index (χ2n) is 7.05. The van der Waals surface area contributed by atoms with Crippen LogP contribution in [0.3, 0.4) is 0 Å². The van der Waals surface area contributed by atoms with Crippen LogP contribution in [-0.2, 0) is 11.3 Å². The summed E-state index contributed by atoms with van der Waals surface area (Å²) in [6.07, 6.45) is 0. The van der Waals surface area contributed by atoms with E-state index in [9.17, 15) is 18.4 Å². The molecule has 0 saturated heterocycles. The Labute approximate surface area is 173 Å². The summed E-state index contributed by atoms with van der Waals surface area (Å²) in [5, 5.41) is 5.08. The number of hydrogen-bond donors (Lipinski definition) is 2. The molecule has 0 aliphatic carbocycles. The molecule has 7 heteroatoms. The van der Waals surface area contributed by atoms with Gasteiger partial charge in [0.25, 0.3) is 5.91 Å². The highest BCUT2D eigenvalue weighted by Crippen LogP contribution is 2.21. The molecular weight excluding hydrogens is 388 g/mol. The average Bonchev–Trinajstić information content (AvgIpc) is 3.02. The Bertz CT molecular complexity index is 1080. The molecule has 0 fully saturated rings. The first-order chi connectivity index (χ1) is 14.3. The number of aryl methyl sites for hydroxylation is 1. The molecule has 0 bridgehead atoms. The molecule has 0 saturated carbocycles. The van der Waals surface area contributed by atoms with Crippen LogP contribution in [0.15, 0.2) is 54.6 Å². The minimum atomic E-state index is -1.16. The molecule has 2 amide bonds. The third kappa shape index (κ3) is 4.40. The first-order valence-corrected chi connectivity index (χ1v) is 9.50. The number of amides is 2. The van der Waals surface area contributed by atoms with Crippen molar-refractivity contribution >= 4 is 11.8 Å². The lowest BCUT2D eigenvalue weighted by atomic mass is 10.0. The number of carbonyl (C=O) groups excluding carboxylic acids is 2. The average molecular weight is 411 g/mol. The van der Waals surface area contributed by atoms with Gasteiger partial charge in [0.15, 0.2) is 11.6 Å². The second kappa shape index (κ2) is 8.90. The molecule has 0 aliphatic rings. The predicted molar refractivity (Wildman–Crippen MR) is 110 cm³/mol. The zero-order valence-electron chi connectivity index (χ0n) is 17.0. The highest BCUT2D eigenvalue weighted by molar-refractivity contribution is 5.99. The van der Waals surface area contributed by atoms with Crippen molar-refractivity contribution in [3.8, 4) is 0 Å². The summed E-state index contributed by atoms with van der Waals surface area (Å²) in [6.45, 7) is 4.34. The summed E-state index contributed by atoms with van der Waals surface area (Å²) < 4.78 is 29.0. The number of nitrogens with zero attached hydrogens (tertiary/aromatic N) is 1. The van der Waals surface area contributed by atoms with Crippen LogP contribution in [0.4, 0.5) is 8.78 Å². The van der Waals surface area contributed by atoms with Crippen LogP contribution in [0.1, 0.15) is 38.9 Å². The van der Waals surface area contributed by atoms with E-state index >= 15 is 0 Å². The molecule has 2 aromatic carbocycles. The fourth-order valence-corrected chi connectivity index (χ4v) is 3.39. The van der Waals surface area contributed by atoms with Gasteiger partial charge in [-0.15, -0.1) is 0 Å². The van der Waals surface area contributed by atoms with Crippen LogP contribution in [0.5, 0.6) is 0 Å². The number of aromatic nitrogens is 1. The Morgan fingerprint density at radius 2 is 1.70 bits per heavy atom. The summed E-state index contributed by atoms with van der Waals surface area (Å²) >= 11 is 0. The highest BCUT2D eigenvalue weighted by atomic mass is 19.2. The van der Waals surface area contributed by atoms with Gasteiger partial charge in [0, 0.05) is 25.0 Å². The highest BCUT2D eigenvalue weighted by Gasteiger charge is 2.25. The maximum absolute atomic E-state index is 13.7. The number of carbonyl (C=O) groups is 2. The van der Waals surface area contributed by atoms with E-state index in [0.29, 0.717) is 12.1 Å². The van der Waals surface area contributed by atoms with Gasteiger partial charge in [-0.2, -0.15) is 0 Å². The van der Waals surface area contributed by atoms with Crippen molar-refractivity contribution < 1.29 is 18.4 Å². The van der Waals surface area contributed by atoms with Gasteiger partial charge in [-0.3, -0.25) is 9.59 Å². The van der Waals surface area contributed by atoms with E-state index in [4.69, 9.17) is 0 Å². The van der Waals surface area contributed by atoms with Gasteiger partial charge in [0.2, 0.25) is 5.91 Å². The number of halogens is 2. The van der Waals surface area contributed by atoms with Gasteiger partial charge in [-0.25, -0.2) is 8.78 Å². The van der Waals surface area contributed by atoms with Gasteiger partial charge >= 0.3 is 0 Å². The van der Waals surface area contributed by atoms with Crippen molar-refractivity contribution in [3.05, 3.63) is 94.3 Å². The SMILES string of the molecule is CNC(=O)C(NC(=O)c1cc(C)n(Cc2ccccc2)c1C)c1ccc(F)c(F)c1. The van der Waals surface area contributed by atoms with E-state index in [1.807, 2.05) is 48.7 Å². The fourth-order valence-electron chi connectivity index (χ4n) is 3.39. The summed E-state index contributed by atoms with van der Waals surface area (Å²) in [7, 11) is 1.41. The Morgan fingerprint density at radius 3 is 2.33 bits per heavy atom. The molecule has 156 valence electrons. The lowest BCUT2D eigenvalue weighted by molar-refractivity contribution is -0.122. The van der Waals surface area contributed by atoms with E-state index in [0.717, 1.165) is 29.1 Å². The quantitative estimate of drug-likeness (QED) is 0.651. The number of rotatable bonds is 6. The molecule has 1 atom stereocenters. The molecule has 5 nitrogen and oxygen atoms in total. The Balaban J connectivity index is 1.88. The summed E-state index contributed by atoms with van der Waals surface area (Å²) in [4.78, 5) is 25.3. The molecule has 1 heterocycles. The first-order valence-electron chi connectivity index (χ1n) is 9.50. The van der Waals surface area contributed by atoms with Gasteiger partial charge in [0.1, 0.15) is 6.04 Å². The minimum absolute atomic E-state index is 0.152. The normalized spacial score (nSPS) is 11.8. The standard InChI is InChI=1S/C23H23F2N3O2/c1-14-11-18(15(2)28(14)13-16-7-5-4-6-8-16)22(29)27-21(23(30)26-3)17-9-10-19(24)20(25)12-17/h4-12,21H,13H2,1-3H3,(H,26,30)(H,27,29). The van der Waals surface area contributed by atoms with Crippen molar-refractivity contribution in [1.82, 2.24) is 15.2 Å². The molecule has 0 radical (unpaired) electrons. The van der Waals surface area contributed by atoms with Crippen LogP contribution < -0.4 is 10.6 Å². The third-order valence-electron chi connectivity index (χ3n) is 5.06. The minimum Gasteiger partial charge on any atom is -0.357 e. The molecule has 0 aliphatic heterocycles. The van der Waals surface area contributed by atoms with E-state index in [1.54, 1.807) is 6.07 Å². The van der Waals surface area contributed by atoms with E-state index in [-0.39, 0.29) is 5.56 Å². The number of nitrogens with one attached hydrogen (secondary N) is 2. The van der Waals surface area contributed by atoms with Crippen LogP contribution in [0.2, 0.25) is 0 Å². The zero-order valence-corrected chi connectivity index (χ0v) is 17.0. The number of benzene rings is 2. The van der Waals surface area contributed by atoms with Gasteiger partial charge in [0.05, 0.1) is 5.56 Å². The lowest BCUT2D eigenvalue weighted by Gasteiger charge is -2.18. The van der Waals surface area contributed by atoms with Crippen molar-refractivity contribution in [2.75, 3.05) is 7.05 Å². The second-order valence-corrected chi connectivity index (χ2v) is 7.05. The van der Waals surface area contributed by atoms with Crippen molar-refractivity contribution in [2.24, 2.45) is 0 Å². The molecule has 2 N–H and O–H groups in total. The van der Waals surface area contributed by atoms with Crippen LogP contribution in [0, 0.1) is 25.5 Å². The molecule has 1 aromatic heterocycles. The van der Waals surface area contributed by atoms with Gasteiger partial charge in [-0.05, 0) is 43.2 Å². The lowest BCUT2D eigenvalue weighted by Crippen LogP contribution is -2.39. The summed E-state index contributed by atoms with van der Waals surface area (Å²) in [5.41, 5.74) is 3.30. The largest absolute Gasteiger partial charge is 0.357 e. The van der Waals surface area contributed by atoms with Crippen molar-refractivity contribution in [3.63, 3.8) is 0 Å². The van der Waals surface area contributed by atoms with Gasteiger partial charge < -0.3 is 15.2 Å². The maximum Gasteiger partial charge on any atom is 0.254 e. The van der Waals surface area contributed by atoms with Crippen molar-refractivity contribution in [2.45, 2.75) is 26.4 Å². The molecule has 3 rings (SSSR count). The van der Waals surface area contributed by atoms with Crippen LogP contribution in [0.25, 0.3) is 0 Å². The zero-order chi connectivity index (χ0) is 21.8. The van der Waals surface area contributed by atoms with E-state index < -0.39 is 29.5 Å². The molecule has 0 spiro atoms. The maximum atomic E-state index is 13.7. The van der Waals surface area contributed by atoms with Crippen LogP contribution >= 0.6 is 0 Å². The third-order valence-corrected chi connectivity index (χ3v) is 5.06. The number of likely N-dealkylation sites (N-methyl/N-ethyl adjacent to an activating group) is 1. The molecular formula is C23H23F2N3O2. The Hall–Kier alpha value is -3.48. The smallest absolute Gasteiger partial charge is 0.254 e. The Kier molecular flexibility index (Phi) is 6.30. The molecule has 3 aromatic rings. The Morgan fingerprint density at radius 1 is 1.00 bits per heavy atom. The van der Waals surface area contributed by atoms with Crippen LogP contribution in [-0.4, -0.2) is 23.4 Å². The first kappa shape index (κ1) is 21.2. The monoisotopic (exact) mass is 411 g/mol. The molecule has 1 unspecified atom stereocenters. The van der Waals surface area contributed by atoms with Gasteiger partial charge in [-0.1, -0.05) is 36.4 Å². The topological polar surface area (TPSA) is 63.1 Å². The van der Waals surface area contributed by atoms with E-state index in [1.165, 1.54) is 13.1 Å². The van der Waals surface area contributed by atoms with Crippen molar-refractivity contribution in [1.29, 1.82) is 0 Å². The molecule has 30 heavy (non-hydrogen) atoms. The van der Waals surface area contributed by atoms with E-state index in [2.05, 4.69) is 10.6 Å². The predicted octanol–water partition coefficient (Wildman–Crippen LogP) is 3.65. The fraction of sp³-hybridized carbons (Fsp3) is 0.217. The number of hydrogen-bond acceptors (Lipinski definition) is 2. The summed E-state index contributed by atoms with van der Waals surface area (Å²) in [5.74, 6) is -3.12. The summed E-state index contributed by atoms with van der Waals surface area (Å²) in [6, 6.07) is 13.6.